The zero-order valence-corrected chi connectivity index (χ0v) is 10.3. The van der Waals surface area contributed by atoms with Crippen LogP contribution in [-0.4, -0.2) is 13.2 Å². The van der Waals surface area contributed by atoms with Crippen molar-refractivity contribution in [2.45, 2.75) is 44.7 Å². The first-order chi connectivity index (χ1) is 8.29. The molecule has 0 amide bonds. The van der Waals surface area contributed by atoms with Gasteiger partial charge >= 0.3 is 0 Å². The van der Waals surface area contributed by atoms with E-state index in [1.165, 1.54) is 45.3 Å². The molecule has 0 aliphatic heterocycles. The molecular formula is C14H20FNO. The first kappa shape index (κ1) is 12.4. The number of hydrogen-bond acceptors (Lipinski definition) is 2. The van der Waals surface area contributed by atoms with Crippen LogP contribution in [0.25, 0.3) is 0 Å². The van der Waals surface area contributed by atoms with Crippen LogP contribution in [0.4, 0.5) is 4.39 Å². The third-order valence-corrected chi connectivity index (χ3v) is 3.42. The first-order valence-corrected chi connectivity index (χ1v) is 6.35. The highest BCUT2D eigenvalue weighted by Gasteiger charge is 2.12. The van der Waals surface area contributed by atoms with E-state index in [-0.39, 0.29) is 5.82 Å². The maximum Gasteiger partial charge on any atom is 0.165 e. The molecule has 0 spiro atoms. The summed E-state index contributed by atoms with van der Waals surface area (Å²) in [4.78, 5) is 0. The molecule has 0 radical (unpaired) electrons. The summed E-state index contributed by atoms with van der Waals surface area (Å²) in [6.45, 7) is 0.793. The number of benzene rings is 1. The molecule has 1 fully saturated rings. The molecule has 0 heterocycles. The van der Waals surface area contributed by atoms with Gasteiger partial charge in [0.1, 0.15) is 0 Å². The smallest absolute Gasteiger partial charge is 0.165 e. The van der Waals surface area contributed by atoms with E-state index in [1.54, 1.807) is 6.07 Å². The second-order valence-electron chi connectivity index (χ2n) is 4.68. The van der Waals surface area contributed by atoms with E-state index in [1.807, 2.05) is 6.07 Å². The minimum Gasteiger partial charge on any atom is -0.494 e. The van der Waals surface area contributed by atoms with Gasteiger partial charge in [-0.3, -0.25) is 0 Å². The molecule has 3 heteroatoms. The van der Waals surface area contributed by atoms with E-state index in [9.17, 15) is 4.39 Å². The lowest BCUT2D eigenvalue weighted by Crippen LogP contribution is -2.30. The number of rotatable bonds is 4. The molecule has 0 saturated heterocycles. The third kappa shape index (κ3) is 3.43. The summed E-state index contributed by atoms with van der Waals surface area (Å²) in [7, 11) is 1.50. The Labute approximate surface area is 102 Å². The fraction of sp³-hybridized carbons (Fsp3) is 0.571. The van der Waals surface area contributed by atoms with Crippen molar-refractivity contribution in [3.8, 4) is 5.75 Å². The molecule has 0 atom stereocenters. The number of ether oxygens (including phenoxy) is 1. The van der Waals surface area contributed by atoms with Gasteiger partial charge in [0.05, 0.1) is 7.11 Å². The summed E-state index contributed by atoms with van der Waals surface area (Å²) >= 11 is 0. The lowest BCUT2D eigenvalue weighted by molar-refractivity contribution is 0.369. The molecule has 17 heavy (non-hydrogen) atoms. The Bertz CT molecular complexity index is 361. The summed E-state index contributed by atoms with van der Waals surface area (Å²) in [6.07, 6.45) is 6.54. The zero-order valence-electron chi connectivity index (χ0n) is 10.3. The van der Waals surface area contributed by atoms with E-state index in [0.29, 0.717) is 11.8 Å². The standard InChI is InChI=1S/C14H20FNO/c1-17-14-9-11(7-8-13(14)15)10-16-12-5-3-2-4-6-12/h7-9,12,16H,2-6,10H2,1H3. The van der Waals surface area contributed by atoms with Crippen LogP contribution >= 0.6 is 0 Å². The molecule has 0 bridgehead atoms. The van der Waals surface area contributed by atoms with Crippen LogP contribution in [0.15, 0.2) is 18.2 Å². The Balaban J connectivity index is 1.89. The van der Waals surface area contributed by atoms with Crippen molar-refractivity contribution in [1.82, 2.24) is 5.32 Å². The number of halogens is 1. The highest BCUT2D eigenvalue weighted by Crippen LogP contribution is 2.20. The quantitative estimate of drug-likeness (QED) is 0.868. The Hall–Kier alpha value is -1.09. The molecule has 1 aromatic rings. The highest BCUT2D eigenvalue weighted by atomic mass is 19.1. The van der Waals surface area contributed by atoms with Crippen LogP contribution in [0.2, 0.25) is 0 Å². The Morgan fingerprint density at radius 3 is 2.76 bits per heavy atom. The van der Waals surface area contributed by atoms with Gasteiger partial charge < -0.3 is 10.1 Å². The van der Waals surface area contributed by atoms with Gasteiger partial charge in [-0.15, -0.1) is 0 Å². The first-order valence-electron chi connectivity index (χ1n) is 6.35. The van der Waals surface area contributed by atoms with Gasteiger partial charge in [0.15, 0.2) is 11.6 Å². The lowest BCUT2D eigenvalue weighted by atomic mass is 9.95. The van der Waals surface area contributed by atoms with Crippen molar-refractivity contribution in [3.63, 3.8) is 0 Å². The molecule has 0 unspecified atom stereocenters. The van der Waals surface area contributed by atoms with Crippen LogP contribution in [0.5, 0.6) is 5.75 Å². The maximum absolute atomic E-state index is 13.2. The summed E-state index contributed by atoms with van der Waals surface area (Å²) in [5.41, 5.74) is 1.08. The van der Waals surface area contributed by atoms with Crippen molar-refractivity contribution in [1.29, 1.82) is 0 Å². The summed E-state index contributed by atoms with van der Waals surface area (Å²) < 4.78 is 18.2. The van der Waals surface area contributed by atoms with Crippen LogP contribution in [0.3, 0.4) is 0 Å². The molecular weight excluding hydrogens is 217 g/mol. The predicted octanol–water partition coefficient (Wildman–Crippen LogP) is 3.26. The van der Waals surface area contributed by atoms with Gasteiger partial charge in [0, 0.05) is 12.6 Å². The van der Waals surface area contributed by atoms with Crippen LogP contribution in [-0.2, 0) is 6.54 Å². The fourth-order valence-electron chi connectivity index (χ4n) is 2.38. The van der Waals surface area contributed by atoms with E-state index in [0.717, 1.165) is 12.1 Å². The second-order valence-corrected chi connectivity index (χ2v) is 4.68. The minimum atomic E-state index is -0.297. The van der Waals surface area contributed by atoms with E-state index < -0.39 is 0 Å². The van der Waals surface area contributed by atoms with E-state index in [4.69, 9.17) is 4.74 Å². The van der Waals surface area contributed by atoms with Crippen molar-refractivity contribution < 1.29 is 9.13 Å². The van der Waals surface area contributed by atoms with Crippen molar-refractivity contribution >= 4 is 0 Å². The Morgan fingerprint density at radius 2 is 2.06 bits per heavy atom. The fourth-order valence-corrected chi connectivity index (χ4v) is 2.38. The highest BCUT2D eigenvalue weighted by molar-refractivity contribution is 5.30. The average molecular weight is 237 g/mol. The molecule has 1 saturated carbocycles. The molecule has 1 aliphatic carbocycles. The lowest BCUT2D eigenvalue weighted by Gasteiger charge is -2.23. The minimum absolute atomic E-state index is 0.297. The van der Waals surface area contributed by atoms with Gasteiger partial charge in [-0.1, -0.05) is 25.3 Å². The average Bonchev–Trinajstić information content (AvgIpc) is 2.39. The van der Waals surface area contributed by atoms with Crippen molar-refractivity contribution in [2.75, 3.05) is 7.11 Å². The number of methoxy groups -OCH3 is 1. The zero-order chi connectivity index (χ0) is 12.1. The van der Waals surface area contributed by atoms with E-state index in [2.05, 4.69) is 5.32 Å². The SMILES string of the molecule is COc1cc(CNC2CCCCC2)ccc1F. The molecule has 94 valence electrons. The van der Waals surface area contributed by atoms with Gasteiger partial charge in [0.25, 0.3) is 0 Å². The van der Waals surface area contributed by atoms with Crippen LogP contribution in [0.1, 0.15) is 37.7 Å². The third-order valence-electron chi connectivity index (χ3n) is 3.42. The monoisotopic (exact) mass is 237 g/mol. The number of nitrogens with one attached hydrogen (secondary N) is 1. The summed E-state index contributed by atoms with van der Waals surface area (Å²) in [5, 5.41) is 3.53. The van der Waals surface area contributed by atoms with Crippen LogP contribution < -0.4 is 10.1 Å². The van der Waals surface area contributed by atoms with Gasteiger partial charge in [-0.2, -0.15) is 0 Å². The van der Waals surface area contributed by atoms with Gasteiger partial charge in [0.2, 0.25) is 0 Å². The Morgan fingerprint density at radius 1 is 1.29 bits per heavy atom. The Kier molecular flexibility index (Phi) is 4.37. The van der Waals surface area contributed by atoms with Crippen molar-refractivity contribution in [2.24, 2.45) is 0 Å². The largest absolute Gasteiger partial charge is 0.494 e. The molecule has 2 nitrogen and oxygen atoms in total. The predicted molar refractivity (Wildman–Crippen MR) is 66.7 cm³/mol. The maximum atomic E-state index is 13.2. The summed E-state index contributed by atoms with van der Waals surface area (Å²) in [6, 6.07) is 5.68. The molecule has 1 aliphatic rings. The topological polar surface area (TPSA) is 21.3 Å². The molecule has 0 aromatic heterocycles. The molecule has 2 rings (SSSR count). The normalized spacial score (nSPS) is 17.1. The van der Waals surface area contributed by atoms with Gasteiger partial charge in [-0.25, -0.2) is 4.39 Å². The summed E-state index contributed by atoms with van der Waals surface area (Å²) in [5.74, 6) is 0.0295. The van der Waals surface area contributed by atoms with Gasteiger partial charge in [-0.05, 0) is 30.5 Å². The van der Waals surface area contributed by atoms with E-state index >= 15 is 0 Å². The van der Waals surface area contributed by atoms with Crippen molar-refractivity contribution in [3.05, 3.63) is 29.6 Å². The number of hydrogen-bond donors (Lipinski definition) is 1. The molecule has 1 N–H and O–H groups in total. The second kappa shape index (κ2) is 6.01. The molecule has 1 aromatic carbocycles. The van der Waals surface area contributed by atoms with Crippen LogP contribution in [0, 0.1) is 5.82 Å².